The van der Waals surface area contributed by atoms with Crippen molar-refractivity contribution in [2.45, 2.75) is 238 Å². The maximum Gasteiger partial charge on any atom is 0.469 e. The first-order valence-electron chi connectivity index (χ1n) is 24.6. The third-order valence-corrected chi connectivity index (χ3v) is 11.0. The van der Waals surface area contributed by atoms with Crippen LogP contribution in [0.4, 0.5) is 0 Å². The fourth-order valence-electron chi connectivity index (χ4n) is 6.83. The quantitative estimate of drug-likeness (QED) is 0.0269. The van der Waals surface area contributed by atoms with Crippen LogP contribution < -0.4 is 0 Å². The van der Waals surface area contributed by atoms with Crippen molar-refractivity contribution in [3.8, 4) is 0 Å². The molecule has 0 unspecified atom stereocenters. The van der Waals surface area contributed by atoms with Gasteiger partial charge in [0.2, 0.25) is 0 Å². The second-order valence-corrected chi connectivity index (χ2v) is 17.7. The van der Waals surface area contributed by atoms with Crippen LogP contribution in [-0.4, -0.2) is 41.0 Å². The van der Waals surface area contributed by atoms with E-state index in [9.17, 15) is 14.2 Å². The molecule has 0 bridgehead atoms. The van der Waals surface area contributed by atoms with Gasteiger partial charge in [0.05, 0.1) is 6.61 Å². The van der Waals surface area contributed by atoms with Crippen LogP contribution in [0.15, 0.2) is 60.8 Å². The summed E-state index contributed by atoms with van der Waals surface area (Å²) in [6.45, 7) is 3.66. The third-order valence-electron chi connectivity index (χ3n) is 10.5. The molecule has 0 heterocycles. The lowest BCUT2D eigenvalue weighted by atomic mass is 10.0. The lowest BCUT2D eigenvalue weighted by Crippen LogP contribution is -2.29. The molecule has 0 amide bonds. The van der Waals surface area contributed by atoms with Crippen LogP contribution in [0.2, 0.25) is 0 Å². The predicted molar refractivity (Wildman–Crippen MR) is 253 cm³/mol. The molecule has 9 heteroatoms. The molecule has 2 N–H and O–H groups in total. The normalized spacial score (nSPS) is 12.9. The second-order valence-electron chi connectivity index (χ2n) is 16.4. The highest BCUT2D eigenvalue weighted by Crippen LogP contribution is 2.36. The van der Waals surface area contributed by atoms with Gasteiger partial charge in [-0.25, -0.2) is 4.57 Å². The Bertz CT molecular complexity index is 1150. The summed E-state index contributed by atoms with van der Waals surface area (Å²) in [6, 6.07) is 0. The number of hydrogen-bond donors (Lipinski definition) is 2. The molecule has 0 spiro atoms. The number of phosphoric acid groups is 1. The zero-order chi connectivity index (χ0) is 43.9. The van der Waals surface area contributed by atoms with E-state index in [1.165, 1.54) is 148 Å². The third kappa shape index (κ3) is 48.4. The topological polar surface area (TPSA) is 119 Å². The first-order chi connectivity index (χ1) is 29.3. The average molecular weight is 863 g/mol. The zero-order valence-electron chi connectivity index (χ0n) is 38.6. The number of esters is 2. The average Bonchev–Trinajstić information content (AvgIpc) is 3.22. The van der Waals surface area contributed by atoms with Gasteiger partial charge >= 0.3 is 19.8 Å². The maximum absolute atomic E-state index is 12.5. The van der Waals surface area contributed by atoms with E-state index >= 15 is 0 Å². The van der Waals surface area contributed by atoms with Crippen molar-refractivity contribution in [3.63, 3.8) is 0 Å². The minimum absolute atomic E-state index is 0.190. The Hall–Kier alpha value is -2.25. The highest BCUT2D eigenvalue weighted by Gasteiger charge is 2.22. The van der Waals surface area contributed by atoms with Crippen molar-refractivity contribution in [2.75, 3.05) is 13.2 Å². The van der Waals surface area contributed by atoms with Crippen molar-refractivity contribution in [1.82, 2.24) is 0 Å². The molecule has 60 heavy (non-hydrogen) atoms. The van der Waals surface area contributed by atoms with Gasteiger partial charge in [-0.2, -0.15) is 0 Å². The minimum Gasteiger partial charge on any atom is -0.462 e. The molecule has 0 fully saturated rings. The standard InChI is InChI=1S/C51H91O8P/c1-3-5-7-9-11-13-15-17-19-21-23-25-27-29-31-33-35-37-39-41-43-45-50(52)57-47-49(48-58-60(54,55)56)59-51(53)46-44-42-40-38-36-34-32-30-28-26-24-22-20-18-16-14-12-10-8-6-4-2/h18-21,25,27,31,33,37,39,49H,3-17,22-24,26,28-30,32,34-36,38,40-48H2,1-2H3,(H2,54,55,56)/b20-18+,21-19+,27-25+,33-31+,39-37+/t49-/m1/s1. The van der Waals surface area contributed by atoms with E-state index in [2.05, 4.69) is 73.1 Å². The number of carbonyl (C=O) groups is 2. The number of rotatable bonds is 45. The summed E-state index contributed by atoms with van der Waals surface area (Å²) < 4.78 is 26.5. The van der Waals surface area contributed by atoms with Gasteiger partial charge in [-0.05, 0) is 77.0 Å². The Morgan fingerprint density at radius 1 is 0.433 bits per heavy atom. The molecular formula is C51H91O8P. The Labute approximate surface area is 368 Å². The number of ether oxygens (including phenoxy) is 2. The van der Waals surface area contributed by atoms with Crippen LogP contribution in [0, 0.1) is 0 Å². The van der Waals surface area contributed by atoms with Gasteiger partial charge in [0.1, 0.15) is 6.61 Å². The zero-order valence-corrected chi connectivity index (χ0v) is 39.5. The van der Waals surface area contributed by atoms with E-state index in [1.54, 1.807) is 0 Å². The molecule has 1 atom stereocenters. The Kier molecular flexibility index (Phi) is 44.5. The second kappa shape index (κ2) is 46.3. The molecule has 8 nitrogen and oxygen atoms in total. The van der Waals surface area contributed by atoms with E-state index in [0.717, 1.165) is 44.9 Å². The van der Waals surface area contributed by atoms with E-state index in [4.69, 9.17) is 19.3 Å². The first-order valence-corrected chi connectivity index (χ1v) is 26.1. The summed E-state index contributed by atoms with van der Waals surface area (Å²) in [4.78, 5) is 43.0. The van der Waals surface area contributed by atoms with Crippen LogP contribution in [0.3, 0.4) is 0 Å². The highest BCUT2D eigenvalue weighted by atomic mass is 31.2. The van der Waals surface area contributed by atoms with Crippen LogP contribution in [-0.2, 0) is 28.2 Å². The Morgan fingerprint density at radius 3 is 1.18 bits per heavy atom. The molecule has 0 aromatic carbocycles. The highest BCUT2D eigenvalue weighted by molar-refractivity contribution is 7.46. The van der Waals surface area contributed by atoms with Gasteiger partial charge in [0.25, 0.3) is 0 Å². The molecule has 0 aliphatic rings. The molecule has 0 aliphatic carbocycles. The van der Waals surface area contributed by atoms with Crippen LogP contribution in [0.25, 0.3) is 0 Å². The maximum atomic E-state index is 12.5. The molecule has 0 saturated heterocycles. The monoisotopic (exact) mass is 863 g/mol. The Balaban J connectivity index is 3.93. The molecule has 0 radical (unpaired) electrons. The largest absolute Gasteiger partial charge is 0.469 e. The lowest BCUT2D eigenvalue weighted by molar-refractivity contribution is -0.161. The van der Waals surface area contributed by atoms with E-state index in [-0.39, 0.29) is 19.4 Å². The summed E-state index contributed by atoms with van der Waals surface area (Å²) >= 11 is 0. The summed E-state index contributed by atoms with van der Waals surface area (Å²) in [5, 5.41) is 0. The van der Waals surface area contributed by atoms with E-state index in [0.29, 0.717) is 12.8 Å². The predicted octanol–water partition coefficient (Wildman–Crippen LogP) is 15.6. The minimum atomic E-state index is -4.77. The van der Waals surface area contributed by atoms with Gasteiger partial charge in [0.15, 0.2) is 6.10 Å². The van der Waals surface area contributed by atoms with Gasteiger partial charge in [0, 0.05) is 12.8 Å². The summed E-state index contributed by atoms with van der Waals surface area (Å²) in [7, 11) is -4.77. The summed E-state index contributed by atoms with van der Waals surface area (Å²) in [5.74, 6) is -0.947. The number of allylic oxidation sites excluding steroid dienone is 10. The van der Waals surface area contributed by atoms with Gasteiger partial charge in [-0.3, -0.25) is 14.1 Å². The van der Waals surface area contributed by atoms with Gasteiger partial charge < -0.3 is 19.3 Å². The molecule has 0 saturated carbocycles. The van der Waals surface area contributed by atoms with Crippen LogP contribution >= 0.6 is 7.82 Å². The molecule has 0 aliphatic heterocycles. The van der Waals surface area contributed by atoms with Gasteiger partial charge in [-0.15, -0.1) is 0 Å². The van der Waals surface area contributed by atoms with Crippen molar-refractivity contribution in [3.05, 3.63) is 60.8 Å². The molecule has 0 aromatic heterocycles. The lowest BCUT2D eigenvalue weighted by Gasteiger charge is -2.18. The molecule has 0 aromatic rings. The van der Waals surface area contributed by atoms with E-state index in [1.807, 2.05) is 6.08 Å². The number of hydrogen-bond acceptors (Lipinski definition) is 6. The van der Waals surface area contributed by atoms with Crippen LogP contribution in [0.1, 0.15) is 232 Å². The first kappa shape index (κ1) is 57.8. The fraction of sp³-hybridized carbons (Fsp3) is 0.765. The molecule has 348 valence electrons. The Morgan fingerprint density at radius 2 is 0.767 bits per heavy atom. The van der Waals surface area contributed by atoms with Gasteiger partial charge in [-0.1, -0.05) is 203 Å². The fourth-order valence-corrected chi connectivity index (χ4v) is 7.19. The summed E-state index contributed by atoms with van der Waals surface area (Å²) in [5.41, 5.74) is 0. The number of unbranched alkanes of at least 4 members (excludes halogenated alkanes) is 25. The molecular weight excluding hydrogens is 772 g/mol. The van der Waals surface area contributed by atoms with Crippen molar-refractivity contribution >= 4 is 19.8 Å². The van der Waals surface area contributed by atoms with E-state index < -0.39 is 32.5 Å². The van der Waals surface area contributed by atoms with Crippen molar-refractivity contribution in [1.29, 1.82) is 0 Å². The van der Waals surface area contributed by atoms with Crippen molar-refractivity contribution < 1.29 is 37.9 Å². The SMILES string of the molecule is CCCCCCCC/C=C/CCCCCCCCCCCCCC(=O)O[C@H](COC(=O)CCC/C=C/C/C=C/C/C=C/C/C=C/CCCCCCCCC)COP(=O)(O)O. The summed E-state index contributed by atoms with van der Waals surface area (Å²) in [6.07, 6.45) is 59.6. The number of phosphoric ester groups is 1. The number of carbonyl (C=O) groups excluding carboxylic acids is 2. The smallest absolute Gasteiger partial charge is 0.462 e. The van der Waals surface area contributed by atoms with Crippen LogP contribution in [0.5, 0.6) is 0 Å². The van der Waals surface area contributed by atoms with Crippen molar-refractivity contribution in [2.24, 2.45) is 0 Å². The molecule has 0 rings (SSSR count).